The van der Waals surface area contributed by atoms with Gasteiger partial charge in [0.2, 0.25) is 0 Å². The fourth-order valence-electron chi connectivity index (χ4n) is 1.94. The zero-order valence-electron chi connectivity index (χ0n) is 9.34. The van der Waals surface area contributed by atoms with Crippen molar-refractivity contribution in [1.29, 1.82) is 0 Å². The lowest BCUT2D eigenvalue weighted by Gasteiger charge is -2.02. The Bertz CT molecular complexity index is 621. The van der Waals surface area contributed by atoms with E-state index in [1.165, 1.54) is 16.8 Å². The lowest BCUT2D eigenvalue weighted by atomic mass is 10.1. The van der Waals surface area contributed by atoms with Gasteiger partial charge in [-0.25, -0.2) is 4.98 Å². The summed E-state index contributed by atoms with van der Waals surface area (Å²) in [7, 11) is 0. The molecule has 0 unspecified atom stereocenters. The summed E-state index contributed by atoms with van der Waals surface area (Å²) in [5, 5.41) is 2.14. The van der Waals surface area contributed by atoms with Crippen molar-refractivity contribution >= 4 is 16.3 Å². The summed E-state index contributed by atoms with van der Waals surface area (Å²) in [6, 6.07) is 8.57. The lowest BCUT2D eigenvalue weighted by molar-refractivity contribution is 0.969. The zero-order chi connectivity index (χ0) is 11.7. The van der Waals surface area contributed by atoms with Gasteiger partial charge >= 0.3 is 0 Å². The molecule has 2 N–H and O–H groups in total. The van der Waals surface area contributed by atoms with Crippen molar-refractivity contribution in [3.05, 3.63) is 47.6 Å². The summed E-state index contributed by atoms with van der Waals surface area (Å²) >= 11 is 1.66. The van der Waals surface area contributed by atoms with Crippen LogP contribution in [0.25, 0.3) is 16.2 Å². The minimum Gasteiger partial charge on any atom is -0.330 e. The standard InChI is InChI=1S/C13H13N3S/c14-6-5-10-1-3-11(4-2-10)12-9-17-13-15-7-8-16(12)13/h1-4,7-9H,5-6,14H2. The SMILES string of the molecule is NCCc1ccc(-c2csc3nccn23)cc1. The molecule has 4 heteroatoms. The molecule has 0 amide bonds. The van der Waals surface area contributed by atoms with Gasteiger partial charge in [-0.3, -0.25) is 4.40 Å². The Hall–Kier alpha value is -1.65. The third-order valence-electron chi connectivity index (χ3n) is 2.83. The average molecular weight is 243 g/mol. The first-order valence-electron chi connectivity index (χ1n) is 5.58. The first-order valence-corrected chi connectivity index (χ1v) is 6.46. The molecule has 0 radical (unpaired) electrons. The zero-order valence-corrected chi connectivity index (χ0v) is 10.2. The molecular weight excluding hydrogens is 230 g/mol. The second kappa shape index (κ2) is 4.31. The second-order valence-electron chi connectivity index (χ2n) is 3.94. The number of fused-ring (bicyclic) bond motifs is 1. The van der Waals surface area contributed by atoms with Gasteiger partial charge in [-0.05, 0) is 24.1 Å². The number of aromatic nitrogens is 2. The van der Waals surface area contributed by atoms with Crippen LogP contribution in [-0.4, -0.2) is 15.9 Å². The van der Waals surface area contributed by atoms with E-state index < -0.39 is 0 Å². The molecule has 0 aliphatic rings. The second-order valence-corrected chi connectivity index (χ2v) is 4.77. The summed E-state index contributed by atoms with van der Waals surface area (Å²) in [6.45, 7) is 0.698. The maximum absolute atomic E-state index is 5.54. The van der Waals surface area contributed by atoms with Gasteiger partial charge in [0.1, 0.15) is 0 Å². The summed E-state index contributed by atoms with van der Waals surface area (Å²) in [5.41, 5.74) is 9.24. The highest BCUT2D eigenvalue weighted by Crippen LogP contribution is 2.25. The molecule has 0 saturated heterocycles. The molecule has 0 spiro atoms. The molecule has 3 nitrogen and oxygen atoms in total. The van der Waals surface area contributed by atoms with E-state index in [9.17, 15) is 0 Å². The molecule has 0 bridgehead atoms. The molecule has 0 aliphatic carbocycles. The molecule has 3 rings (SSSR count). The van der Waals surface area contributed by atoms with Crippen molar-refractivity contribution in [2.75, 3.05) is 6.54 Å². The molecule has 0 fully saturated rings. The maximum atomic E-state index is 5.54. The predicted molar refractivity (Wildman–Crippen MR) is 71.3 cm³/mol. The smallest absolute Gasteiger partial charge is 0.194 e. The molecular formula is C13H13N3S. The largest absolute Gasteiger partial charge is 0.330 e. The maximum Gasteiger partial charge on any atom is 0.194 e. The molecule has 3 aromatic rings. The molecule has 86 valence electrons. The van der Waals surface area contributed by atoms with Crippen molar-refractivity contribution in [1.82, 2.24) is 9.38 Å². The fraction of sp³-hybridized carbons (Fsp3) is 0.154. The van der Waals surface area contributed by atoms with Gasteiger partial charge in [-0.15, -0.1) is 11.3 Å². The molecule has 2 heterocycles. The molecule has 0 atom stereocenters. The average Bonchev–Trinajstić information content (AvgIpc) is 2.93. The van der Waals surface area contributed by atoms with Gasteiger partial charge in [0, 0.05) is 17.8 Å². The summed E-state index contributed by atoms with van der Waals surface area (Å²) < 4.78 is 2.11. The van der Waals surface area contributed by atoms with Gasteiger partial charge in [-0.2, -0.15) is 0 Å². The van der Waals surface area contributed by atoms with Gasteiger partial charge < -0.3 is 5.73 Å². The summed E-state index contributed by atoms with van der Waals surface area (Å²) in [4.78, 5) is 5.31. The number of hydrogen-bond donors (Lipinski definition) is 1. The van der Waals surface area contributed by atoms with Crippen LogP contribution in [0.3, 0.4) is 0 Å². The Labute approximate surface area is 104 Å². The predicted octanol–water partition coefficient (Wildman–Crippen LogP) is 2.56. The lowest BCUT2D eigenvalue weighted by Crippen LogP contribution is -2.02. The fourth-order valence-corrected chi connectivity index (χ4v) is 2.80. The first kappa shape index (κ1) is 10.5. The normalized spacial score (nSPS) is 11.1. The number of benzene rings is 1. The molecule has 2 aromatic heterocycles. The number of nitrogens with two attached hydrogens (primary N) is 1. The van der Waals surface area contributed by atoms with E-state index in [4.69, 9.17) is 5.73 Å². The number of imidazole rings is 1. The first-order chi connectivity index (χ1) is 8.38. The number of nitrogens with zero attached hydrogens (tertiary/aromatic N) is 2. The highest BCUT2D eigenvalue weighted by Gasteiger charge is 2.05. The minimum absolute atomic E-state index is 0.698. The van der Waals surface area contributed by atoms with Gasteiger partial charge in [0.05, 0.1) is 5.69 Å². The highest BCUT2D eigenvalue weighted by atomic mass is 32.1. The van der Waals surface area contributed by atoms with Crippen LogP contribution in [-0.2, 0) is 6.42 Å². The molecule has 17 heavy (non-hydrogen) atoms. The van der Waals surface area contributed by atoms with E-state index in [1.54, 1.807) is 11.3 Å². The van der Waals surface area contributed by atoms with Crippen molar-refractivity contribution in [3.63, 3.8) is 0 Å². The van der Waals surface area contributed by atoms with E-state index in [0.29, 0.717) is 6.54 Å². The van der Waals surface area contributed by atoms with Crippen molar-refractivity contribution in [2.24, 2.45) is 5.73 Å². The van der Waals surface area contributed by atoms with Crippen LogP contribution < -0.4 is 5.73 Å². The third kappa shape index (κ3) is 1.85. The van der Waals surface area contributed by atoms with E-state index in [2.05, 4.69) is 39.0 Å². The van der Waals surface area contributed by atoms with Crippen LogP contribution in [0.5, 0.6) is 0 Å². The van der Waals surface area contributed by atoms with Crippen LogP contribution in [0.4, 0.5) is 0 Å². The molecule has 0 saturated carbocycles. The number of hydrogen-bond acceptors (Lipinski definition) is 3. The molecule has 0 aliphatic heterocycles. The van der Waals surface area contributed by atoms with Gasteiger partial charge in [0.25, 0.3) is 0 Å². The number of thiazole rings is 1. The summed E-state index contributed by atoms with van der Waals surface area (Å²) in [5.74, 6) is 0. The summed E-state index contributed by atoms with van der Waals surface area (Å²) in [6.07, 6.45) is 4.76. The van der Waals surface area contributed by atoms with Crippen LogP contribution in [0, 0.1) is 0 Å². The van der Waals surface area contributed by atoms with Crippen molar-refractivity contribution < 1.29 is 0 Å². The van der Waals surface area contributed by atoms with Crippen LogP contribution in [0.2, 0.25) is 0 Å². The third-order valence-corrected chi connectivity index (χ3v) is 3.68. The Balaban J connectivity index is 2.01. The number of rotatable bonds is 3. The molecule has 1 aromatic carbocycles. The van der Waals surface area contributed by atoms with E-state index in [-0.39, 0.29) is 0 Å². The van der Waals surface area contributed by atoms with Crippen molar-refractivity contribution in [3.8, 4) is 11.3 Å². The monoisotopic (exact) mass is 243 g/mol. The van der Waals surface area contributed by atoms with Crippen LogP contribution in [0.15, 0.2) is 42.0 Å². The quantitative estimate of drug-likeness (QED) is 0.768. The van der Waals surface area contributed by atoms with Crippen LogP contribution in [0.1, 0.15) is 5.56 Å². The van der Waals surface area contributed by atoms with E-state index in [0.717, 1.165) is 11.4 Å². The highest BCUT2D eigenvalue weighted by molar-refractivity contribution is 7.15. The Morgan fingerprint density at radius 1 is 1.24 bits per heavy atom. The minimum atomic E-state index is 0.698. The van der Waals surface area contributed by atoms with E-state index in [1.807, 2.05) is 12.4 Å². The topological polar surface area (TPSA) is 43.3 Å². The Morgan fingerprint density at radius 2 is 2.06 bits per heavy atom. The Morgan fingerprint density at radius 3 is 2.82 bits per heavy atom. The van der Waals surface area contributed by atoms with E-state index >= 15 is 0 Å². The Kier molecular flexibility index (Phi) is 2.66. The van der Waals surface area contributed by atoms with Crippen molar-refractivity contribution in [2.45, 2.75) is 6.42 Å². The van der Waals surface area contributed by atoms with Gasteiger partial charge in [0.15, 0.2) is 4.96 Å². The van der Waals surface area contributed by atoms with Gasteiger partial charge in [-0.1, -0.05) is 24.3 Å². The van der Waals surface area contributed by atoms with Crippen LogP contribution >= 0.6 is 11.3 Å².